The Balaban J connectivity index is 1.49. The van der Waals surface area contributed by atoms with Crippen molar-refractivity contribution >= 4 is 27.5 Å². The van der Waals surface area contributed by atoms with Gasteiger partial charge < -0.3 is 5.32 Å². The highest BCUT2D eigenvalue weighted by Crippen LogP contribution is 2.29. The maximum absolute atomic E-state index is 12.8. The number of amides is 1. The van der Waals surface area contributed by atoms with Gasteiger partial charge in [0.25, 0.3) is 5.56 Å². The molecule has 0 radical (unpaired) electrons. The molecule has 2 aromatic heterocycles. The van der Waals surface area contributed by atoms with E-state index in [1.54, 1.807) is 0 Å². The summed E-state index contributed by atoms with van der Waals surface area (Å²) in [6.45, 7) is 2.35. The quantitative estimate of drug-likeness (QED) is 0.629. The predicted octanol–water partition coefficient (Wildman–Crippen LogP) is 3.84. The highest BCUT2D eigenvalue weighted by atomic mass is 32.1. The third kappa shape index (κ3) is 4.45. The fourth-order valence-electron chi connectivity index (χ4n) is 3.60. The van der Waals surface area contributed by atoms with Crippen LogP contribution in [0.3, 0.4) is 0 Å². The van der Waals surface area contributed by atoms with E-state index in [2.05, 4.69) is 21.5 Å². The molecule has 0 spiro atoms. The number of carbonyl (C=O) groups excluding carboxylic acids is 1. The highest BCUT2D eigenvalue weighted by molar-refractivity contribution is 7.21. The number of fused-ring (bicyclic) bond motifs is 1. The van der Waals surface area contributed by atoms with Crippen LogP contribution >= 0.6 is 11.3 Å². The van der Waals surface area contributed by atoms with Gasteiger partial charge in [0.2, 0.25) is 5.91 Å². The number of nitrogens with one attached hydrogen (secondary N) is 1. The predicted molar refractivity (Wildman–Crippen MR) is 116 cm³/mol. The lowest BCUT2D eigenvalue weighted by atomic mass is 9.97. The van der Waals surface area contributed by atoms with E-state index >= 15 is 0 Å². The van der Waals surface area contributed by atoms with Gasteiger partial charge in [0.1, 0.15) is 11.6 Å². The molecule has 3 aromatic rings. The van der Waals surface area contributed by atoms with Crippen LogP contribution in [0.5, 0.6) is 0 Å². The summed E-state index contributed by atoms with van der Waals surface area (Å²) in [6, 6.07) is 9.76. The van der Waals surface area contributed by atoms with Crippen molar-refractivity contribution in [1.82, 2.24) is 20.1 Å². The average Bonchev–Trinajstić information content (AvgIpc) is 3.20. The number of hydrogen-bond acceptors (Lipinski definition) is 5. The van der Waals surface area contributed by atoms with E-state index in [9.17, 15) is 9.59 Å². The van der Waals surface area contributed by atoms with Crippen LogP contribution in [0.1, 0.15) is 37.8 Å². The number of carbonyl (C=O) groups is 1. The number of aromatic nitrogens is 3. The number of nitrogens with zero attached hydrogens (tertiary/aromatic N) is 3. The highest BCUT2D eigenvalue weighted by Gasteiger charge is 2.16. The van der Waals surface area contributed by atoms with Gasteiger partial charge >= 0.3 is 0 Å². The molecule has 1 N–H and O–H groups in total. The Hall–Kier alpha value is -2.80. The molecule has 6 nitrogen and oxygen atoms in total. The minimum absolute atomic E-state index is 0.0904. The molecular weight excluding hydrogens is 384 g/mol. The topological polar surface area (TPSA) is 76.9 Å². The van der Waals surface area contributed by atoms with Crippen LogP contribution in [0.4, 0.5) is 0 Å². The molecule has 0 saturated carbocycles. The summed E-state index contributed by atoms with van der Waals surface area (Å²) in [7, 11) is 0. The third-order valence-corrected chi connectivity index (χ3v) is 6.34. The molecule has 1 aliphatic rings. The van der Waals surface area contributed by atoms with Gasteiger partial charge in [-0.25, -0.2) is 9.67 Å². The Morgan fingerprint density at radius 2 is 2.07 bits per heavy atom. The number of allylic oxidation sites excluding steroid dienone is 1. The molecule has 29 heavy (non-hydrogen) atoms. The zero-order chi connectivity index (χ0) is 20.2. The molecule has 1 aromatic carbocycles. The van der Waals surface area contributed by atoms with E-state index in [0.29, 0.717) is 17.8 Å². The Kier molecular flexibility index (Phi) is 5.85. The van der Waals surface area contributed by atoms with E-state index in [1.807, 2.05) is 37.3 Å². The normalized spacial score (nSPS) is 14.0. The first-order valence-corrected chi connectivity index (χ1v) is 10.8. The summed E-state index contributed by atoms with van der Waals surface area (Å²) >= 11 is 1.45. The summed E-state index contributed by atoms with van der Waals surface area (Å²) in [6.07, 6.45) is 7.91. The molecular formula is C22H24N4O2S. The average molecular weight is 409 g/mol. The maximum atomic E-state index is 12.8. The van der Waals surface area contributed by atoms with Crippen molar-refractivity contribution in [3.63, 3.8) is 0 Å². The van der Waals surface area contributed by atoms with Gasteiger partial charge in [0.05, 0.1) is 10.4 Å². The van der Waals surface area contributed by atoms with Crippen molar-refractivity contribution in [2.45, 2.75) is 45.6 Å². The lowest BCUT2D eigenvalue weighted by Crippen LogP contribution is -2.34. The second kappa shape index (κ2) is 8.69. The summed E-state index contributed by atoms with van der Waals surface area (Å²) in [4.78, 5) is 29.7. The number of hydrogen-bond donors (Lipinski definition) is 1. The van der Waals surface area contributed by atoms with Gasteiger partial charge in [-0.15, -0.1) is 11.3 Å². The van der Waals surface area contributed by atoms with Crippen LogP contribution in [-0.2, 0) is 11.3 Å². The van der Waals surface area contributed by atoms with Crippen LogP contribution < -0.4 is 10.9 Å². The van der Waals surface area contributed by atoms with E-state index in [0.717, 1.165) is 34.5 Å². The van der Waals surface area contributed by atoms with Crippen LogP contribution in [0.15, 0.2) is 46.8 Å². The van der Waals surface area contributed by atoms with Crippen molar-refractivity contribution < 1.29 is 4.79 Å². The zero-order valence-corrected chi connectivity index (χ0v) is 17.3. The van der Waals surface area contributed by atoms with Crippen LogP contribution in [0.25, 0.3) is 20.8 Å². The van der Waals surface area contributed by atoms with Gasteiger partial charge in [-0.2, -0.15) is 5.10 Å². The SMILES string of the molecule is Cc1nn(CC(=O)NCCC2=CCCCC2)c(=O)c2nc(-c3ccccc3)sc12. The number of rotatable bonds is 6. The van der Waals surface area contributed by atoms with Crippen molar-refractivity contribution in [1.29, 1.82) is 0 Å². The molecule has 7 heteroatoms. The Morgan fingerprint density at radius 1 is 1.24 bits per heavy atom. The second-order valence-electron chi connectivity index (χ2n) is 7.32. The summed E-state index contributed by atoms with van der Waals surface area (Å²) in [5.74, 6) is -0.201. The lowest BCUT2D eigenvalue weighted by molar-refractivity contribution is -0.121. The van der Waals surface area contributed by atoms with Gasteiger partial charge in [-0.1, -0.05) is 42.0 Å². The minimum atomic E-state index is -0.325. The van der Waals surface area contributed by atoms with E-state index in [1.165, 1.54) is 34.4 Å². The van der Waals surface area contributed by atoms with Gasteiger partial charge in [0, 0.05) is 12.1 Å². The first-order valence-electron chi connectivity index (χ1n) is 10.00. The molecule has 1 aliphatic carbocycles. The largest absolute Gasteiger partial charge is 0.354 e. The lowest BCUT2D eigenvalue weighted by Gasteiger charge is -2.13. The number of benzene rings is 1. The second-order valence-corrected chi connectivity index (χ2v) is 8.32. The maximum Gasteiger partial charge on any atom is 0.294 e. The molecule has 0 bridgehead atoms. The molecule has 2 heterocycles. The Labute approximate surface area is 173 Å². The molecule has 0 unspecified atom stereocenters. The first-order chi connectivity index (χ1) is 14.1. The third-order valence-electron chi connectivity index (χ3n) is 5.13. The number of thiazole rings is 1. The van der Waals surface area contributed by atoms with Gasteiger partial charge in [0.15, 0.2) is 5.52 Å². The molecule has 0 saturated heterocycles. The molecule has 0 fully saturated rings. The number of aryl methyl sites for hydroxylation is 1. The molecule has 0 aliphatic heterocycles. The van der Waals surface area contributed by atoms with Crippen LogP contribution in [-0.4, -0.2) is 27.2 Å². The summed E-state index contributed by atoms with van der Waals surface area (Å²) in [5.41, 5.74) is 3.14. The first kappa shape index (κ1) is 19.5. The summed E-state index contributed by atoms with van der Waals surface area (Å²) in [5, 5.41) is 8.04. The van der Waals surface area contributed by atoms with Gasteiger partial charge in [-0.3, -0.25) is 9.59 Å². The monoisotopic (exact) mass is 408 g/mol. The van der Waals surface area contributed by atoms with Gasteiger partial charge in [-0.05, 0) is 39.0 Å². The summed E-state index contributed by atoms with van der Waals surface area (Å²) < 4.78 is 2.00. The van der Waals surface area contributed by atoms with Crippen molar-refractivity contribution in [2.24, 2.45) is 0 Å². The van der Waals surface area contributed by atoms with Crippen molar-refractivity contribution in [2.75, 3.05) is 6.54 Å². The zero-order valence-electron chi connectivity index (χ0n) is 16.5. The van der Waals surface area contributed by atoms with Crippen molar-refractivity contribution in [3.8, 4) is 10.6 Å². The molecule has 4 rings (SSSR count). The van der Waals surface area contributed by atoms with E-state index < -0.39 is 0 Å². The van der Waals surface area contributed by atoms with Crippen LogP contribution in [0, 0.1) is 6.92 Å². The van der Waals surface area contributed by atoms with Crippen molar-refractivity contribution in [3.05, 3.63) is 58.0 Å². The standard InChI is InChI=1S/C22H24N4O2S/c1-15-20-19(24-21(29-20)17-10-6-3-7-11-17)22(28)26(25-15)14-18(27)23-13-12-16-8-4-2-5-9-16/h3,6-8,10-11H,2,4-5,9,12-14H2,1H3,(H,23,27). The minimum Gasteiger partial charge on any atom is -0.354 e. The Morgan fingerprint density at radius 3 is 2.83 bits per heavy atom. The van der Waals surface area contributed by atoms with E-state index in [-0.39, 0.29) is 18.0 Å². The van der Waals surface area contributed by atoms with E-state index in [4.69, 9.17) is 0 Å². The molecule has 0 atom stereocenters. The fraction of sp³-hybridized carbons (Fsp3) is 0.364. The molecule has 1 amide bonds. The fourth-order valence-corrected chi connectivity index (χ4v) is 4.60. The Bertz CT molecular complexity index is 1120. The molecule has 150 valence electrons. The smallest absolute Gasteiger partial charge is 0.294 e. The van der Waals surface area contributed by atoms with Crippen LogP contribution in [0.2, 0.25) is 0 Å².